The molecule has 25 heavy (non-hydrogen) atoms. The van der Waals surface area contributed by atoms with Gasteiger partial charge in [-0.2, -0.15) is 0 Å². The van der Waals surface area contributed by atoms with Gasteiger partial charge in [0.2, 0.25) is 0 Å². The van der Waals surface area contributed by atoms with E-state index in [9.17, 15) is 9.59 Å². The molecule has 2 aromatic rings. The van der Waals surface area contributed by atoms with Crippen molar-refractivity contribution in [3.63, 3.8) is 0 Å². The summed E-state index contributed by atoms with van der Waals surface area (Å²) in [5.41, 5.74) is 0.896. The van der Waals surface area contributed by atoms with E-state index in [2.05, 4.69) is 26.6 Å². The first-order valence-electron chi connectivity index (χ1n) is 8.07. The first kappa shape index (κ1) is 19.0. The van der Waals surface area contributed by atoms with Crippen molar-refractivity contribution in [1.82, 2.24) is 5.32 Å². The second-order valence-corrected chi connectivity index (χ2v) is 6.53. The Labute approximate surface area is 155 Å². The fourth-order valence-corrected chi connectivity index (χ4v) is 2.32. The molecule has 0 bridgehead atoms. The van der Waals surface area contributed by atoms with E-state index >= 15 is 0 Å². The normalized spacial score (nSPS) is 11.5. The highest BCUT2D eigenvalue weighted by atomic mass is 79.9. The van der Waals surface area contributed by atoms with Crippen LogP contribution in [0.1, 0.15) is 30.6 Å². The molecule has 0 fully saturated rings. The van der Waals surface area contributed by atoms with Crippen molar-refractivity contribution < 1.29 is 14.3 Å². The third kappa shape index (κ3) is 5.90. The van der Waals surface area contributed by atoms with Crippen molar-refractivity contribution in [1.29, 1.82) is 0 Å². The lowest BCUT2D eigenvalue weighted by Gasteiger charge is -2.15. The van der Waals surface area contributed by atoms with Gasteiger partial charge in [-0.25, -0.2) is 0 Å². The van der Waals surface area contributed by atoms with E-state index in [1.54, 1.807) is 36.4 Å². The summed E-state index contributed by atoms with van der Waals surface area (Å²) >= 11 is 3.34. The highest BCUT2D eigenvalue weighted by Crippen LogP contribution is 2.17. The lowest BCUT2D eigenvalue weighted by molar-refractivity contribution is -0.118. The Morgan fingerprint density at radius 2 is 1.80 bits per heavy atom. The van der Waals surface area contributed by atoms with Crippen LogP contribution in [0.5, 0.6) is 5.75 Å². The van der Waals surface area contributed by atoms with Crippen molar-refractivity contribution in [3.05, 3.63) is 58.6 Å². The van der Waals surface area contributed by atoms with Crippen LogP contribution >= 0.6 is 15.9 Å². The molecule has 132 valence electrons. The third-order valence-electron chi connectivity index (χ3n) is 3.62. The standard InChI is InChI=1S/C19H21BrN2O3/c1-3-13(2)21-19(24)16-6-4-5-7-17(16)22-18(23)12-25-15-10-8-14(20)9-11-15/h4-11,13H,3,12H2,1-2H3,(H,21,24)(H,22,23)/t13-/m0/s1. The Hall–Kier alpha value is -2.34. The number of carbonyl (C=O) groups excluding carboxylic acids is 2. The Balaban J connectivity index is 1.98. The fourth-order valence-electron chi connectivity index (χ4n) is 2.06. The minimum absolute atomic E-state index is 0.0667. The van der Waals surface area contributed by atoms with Gasteiger partial charge in [0, 0.05) is 10.5 Å². The zero-order valence-electron chi connectivity index (χ0n) is 14.2. The van der Waals surface area contributed by atoms with Crippen LogP contribution in [0.15, 0.2) is 53.0 Å². The molecule has 6 heteroatoms. The second kappa shape index (κ2) is 9.22. The number of hydrogen-bond donors (Lipinski definition) is 2. The molecule has 2 aromatic carbocycles. The lowest BCUT2D eigenvalue weighted by atomic mass is 10.1. The minimum atomic E-state index is -0.327. The van der Waals surface area contributed by atoms with Crippen molar-refractivity contribution in [3.8, 4) is 5.75 Å². The molecule has 5 nitrogen and oxygen atoms in total. The summed E-state index contributed by atoms with van der Waals surface area (Å²) in [4.78, 5) is 24.5. The molecule has 2 rings (SSSR count). The first-order chi connectivity index (χ1) is 12.0. The minimum Gasteiger partial charge on any atom is -0.484 e. The number of nitrogens with one attached hydrogen (secondary N) is 2. The summed E-state index contributed by atoms with van der Waals surface area (Å²) < 4.78 is 6.38. The zero-order chi connectivity index (χ0) is 18.2. The van der Waals surface area contributed by atoms with E-state index < -0.39 is 0 Å². The average Bonchev–Trinajstić information content (AvgIpc) is 2.61. The highest BCUT2D eigenvalue weighted by molar-refractivity contribution is 9.10. The van der Waals surface area contributed by atoms with Crippen molar-refractivity contribution in [2.45, 2.75) is 26.3 Å². The Kier molecular flexibility index (Phi) is 7.01. The van der Waals surface area contributed by atoms with Crippen LogP contribution in [-0.2, 0) is 4.79 Å². The fraction of sp³-hybridized carbons (Fsp3) is 0.263. The molecule has 0 saturated carbocycles. The first-order valence-corrected chi connectivity index (χ1v) is 8.87. The second-order valence-electron chi connectivity index (χ2n) is 5.62. The van der Waals surface area contributed by atoms with Gasteiger partial charge in [-0.15, -0.1) is 0 Å². The number of hydrogen-bond acceptors (Lipinski definition) is 3. The van der Waals surface area contributed by atoms with E-state index in [0.29, 0.717) is 17.0 Å². The van der Waals surface area contributed by atoms with Crippen LogP contribution in [0.25, 0.3) is 0 Å². The van der Waals surface area contributed by atoms with Gasteiger partial charge in [0.25, 0.3) is 11.8 Å². The van der Waals surface area contributed by atoms with Crippen molar-refractivity contribution in [2.24, 2.45) is 0 Å². The van der Waals surface area contributed by atoms with Gasteiger partial charge in [-0.1, -0.05) is 35.0 Å². The molecule has 0 aromatic heterocycles. The van der Waals surface area contributed by atoms with Crippen LogP contribution in [0.4, 0.5) is 5.69 Å². The van der Waals surface area contributed by atoms with Gasteiger partial charge in [0.1, 0.15) is 5.75 Å². The maximum absolute atomic E-state index is 12.3. The molecule has 0 aliphatic heterocycles. The SMILES string of the molecule is CC[C@H](C)NC(=O)c1ccccc1NC(=O)COc1ccc(Br)cc1. The molecule has 0 radical (unpaired) electrons. The van der Waals surface area contributed by atoms with Crippen LogP contribution in [0, 0.1) is 0 Å². The number of carbonyl (C=O) groups is 2. The summed E-state index contributed by atoms with van der Waals surface area (Å²) in [7, 11) is 0. The van der Waals surface area contributed by atoms with Gasteiger partial charge in [-0.3, -0.25) is 9.59 Å². The zero-order valence-corrected chi connectivity index (χ0v) is 15.8. The van der Waals surface area contributed by atoms with Gasteiger partial charge in [0.05, 0.1) is 11.3 Å². The summed E-state index contributed by atoms with van der Waals surface area (Å²) in [6.07, 6.45) is 0.835. The van der Waals surface area contributed by atoms with E-state index in [1.165, 1.54) is 0 Å². The molecule has 2 amide bonds. The predicted molar refractivity (Wildman–Crippen MR) is 102 cm³/mol. The van der Waals surface area contributed by atoms with Crippen molar-refractivity contribution >= 4 is 33.4 Å². The molecule has 0 spiro atoms. The van der Waals surface area contributed by atoms with E-state index in [-0.39, 0.29) is 24.5 Å². The summed E-state index contributed by atoms with van der Waals surface area (Å²) in [5, 5.41) is 5.63. The topological polar surface area (TPSA) is 67.4 Å². The number of amides is 2. The Morgan fingerprint density at radius 3 is 2.48 bits per heavy atom. The smallest absolute Gasteiger partial charge is 0.262 e. The number of halogens is 1. The number of para-hydroxylation sites is 1. The van der Waals surface area contributed by atoms with E-state index in [0.717, 1.165) is 10.9 Å². The predicted octanol–water partition coefficient (Wildman–Crippen LogP) is 3.99. The monoisotopic (exact) mass is 404 g/mol. The third-order valence-corrected chi connectivity index (χ3v) is 4.15. The molecular weight excluding hydrogens is 384 g/mol. The molecule has 0 heterocycles. The van der Waals surface area contributed by atoms with E-state index in [4.69, 9.17) is 4.74 Å². The summed E-state index contributed by atoms with van der Waals surface area (Å²) in [6.45, 7) is 3.80. The molecule has 0 unspecified atom stereocenters. The van der Waals surface area contributed by atoms with E-state index in [1.807, 2.05) is 26.0 Å². The van der Waals surface area contributed by atoms with Crippen molar-refractivity contribution in [2.75, 3.05) is 11.9 Å². The number of ether oxygens (including phenoxy) is 1. The lowest BCUT2D eigenvalue weighted by Crippen LogP contribution is -2.33. The highest BCUT2D eigenvalue weighted by Gasteiger charge is 2.14. The van der Waals surface area contributed by atoms with Crippen LogP contribution in [-0.4, -0.2) is 24.5 Å². The number of anilines is 1. The van der Waals surface area contributed by atoms with Gasteiger partial charge < -0.3 is 15.4 Å². The number of rotatable bonds is 7. The Morgan fingerprint density at radius 1 is 1.12 bits per heavy atom. The average molecular weight is 405 g/mol. The quantitative estimate of drug-likeness (QED) is 0.732. The molecule has 0 aliphatic carbocycles. The molecule has 0 aliphatic rings. The number of benzene rings is 2. The van der Waals surface area contributed by atoms with Crippen LogP contribution in [0.3, 0.4) is 0 Å². The van der Waals surface area contributed by atoms with Crippen LogP contribution < -0.4 is 15.4 Å². The van der Waals surface area contributed by atoms with Crippen LogP contribution in [0.2, 0.25) is 0 Å². The van der Waals surface area contributed by atoms with Gasteiger partial charge in [-0.05, 0) is 49.7 Å². The largest absolute Gasteiger partial charge is 0.484 e. The molecule has 1 atom stereocenters. The van der Waals surface area contributed by atoms with Gasteiger partial charge >= 0.3 is 0 Å². The Bertz CT molecular complexity index is 732. The van der Waals surface area contributed by atoms with Gasteiger partial charge in [0.15, 0.2) is 6.61 Å². The molecular formula is C19H21BrN2O3. The molecule has 0 saturated heterocycles. The summed E-state index contributed by atoms with van der Waals surface area (Å²) in [6, 6.07) is 14.2. The maximum Gasteiger partial charge on any atom is 0.262 e. The molecule has 2 N–H and O–H groups in total. The summed E-state index contributed by atoms with van der Waals surface area (Å²) in [5.74, 6) is 0.0620. The maximum atomic E-state index is 12.3.